The van der Waals surface area contributed by atoms with Crippen molar-refractivity contribution < 1.29 is 14.8 Å². The molecule has 2 amide bonds. The SMILES string of the molecule is O=C(NO)c1ccc2c(c1)CC[C@@]1(CCN(Cc3ccc(Cl)cc3)C1=O)C2. The van der Waals surface area contributed by atoms with Crippen molar-refractivity contribution >= 4 is 23.4 Å². The summed E-state index contributed by atoms with van der Waals surface area (Å²) in [4.78, 5) is 26.7. The molecular weight excluding hydrogens is 364 g/mol. The number of aryl methyl sites for hydroxylation is 1. The minimum Gasteiger partial charge on any atom is -0.338 e. The number of halogens is 1. The third-order valence-electron chi connectivity index (χ3n) is 5.86. The van der Waals surface area contributed by atoms with Gasteiger partial charge in [-0.1, -0.05) is 29.8 Å². The lowest BCUT2D eigenvalue weighted by molar-refractivity contribution is -0.137. The average molecular weight is 385 g/mol. The van der Waals surface area contributed by atoms with Gasteiger partial charge >= 0.3 is 0 Å². The number of benzene rings is 2. The Morgan fingerprint density at radius 1 is 1.15 bits per heavy atom. The molecule has 1 atom stereocenters. The first kappa shape index (κ1) is 18.0. The number of hydroxylamine groups is 1. The second kappa shape index (κ2) is 6.98. The number of hydrogen-bond acceptors (Lipinski definition) is 3. The van der Waals surface area contributed by atoms with E-state index in [1.165, 1.54) is 0 Å². The zero-order valence-corrected chi connectivity index (χ0v) is 15.6. The maximum absolute atomic E-state index is 13.2. The molecular formula is C21H21ClN2O3. The van der Waals surface area contributed by atoms with Crippen molar-refractivity contribution in [3.05, 3.63) is 69.7 Å². The molecule has 1 saturated heterocycles. The van der Waals surface area contributed by atoms with Gasteiger partial charge in [-0.3, -0.25) is 14.8 Å². The van der Waals surface area contributed by atoms with Gasteiger partial charge in [-0.2, -0.15) is 0 Å². The lowest BCUT2D eigenvalue weighted by Gasteiger charge is -2.33. The summed E-state index contributed by atoms with van der Waals surface area (Å²) in [5.74, 6) is -0.288. The molecule has 1 fully saturated rings. The monoisotopic (exact) mass is 384 g/mol. The first-order valence-corrected chi connectivity index (χ1v) is 9.49. The number of hydrogen-bond donors (Lipinski definition) is 2. The van der Waals surface area contributed by atoms with Gasteiger partial charge in [0.05, 0.1) is 5.41 Å². The third-order valence-corrected chi connectivity index (χ3v) is 6.11. The maximum Gasteiger partial charge on any atom is 0.274 e. The maximum atomic E-state index is 13.2. The summed E-state index contributed by atoms with van der Waals surface area (Å²) >= 11 is 5.94. The lowest BCUT2D eigenvalue weighted by atomic mass is 9.70. The largest absolute Gasteiger partial charge is 0.338 e. The normalized spacial score (nSPS) is 21.4. The molecule has 1 heterocycles. The zero-order valence-electron chi connectivity index (χ0n) is 14.9. The number of rotatable bonds is 3. The summed E-state index contributed by atoms with van der Waals surface area (Å²) in [7, 11) is 0. The predicted molar refractivity (Wildman–Crippen MR) is 102 cm³/mol. The molecule has 0 radical (unpaired) electrons. The third kappa shape index (κ3) is 3.33. The van der Waals surface area contributed by atoms with Gasteiger partial charge in [0.1, 0.15) is 0 Å². The molecule has 0 unspecified atom stereocenters. The van der Waals surface area contributed by atoms with E-state index in [-0.39, 0.29) is 11.3 Å². The van der Waals surface area contributed by atoms with Crippen LogP contribution in [0.5, 0.6) is 0 Å². The molecule has 1 aliphatic carbocycles. The second-order valence-electron chi connectivity index (χ2n) is 7.48. The van der Waals surface area contributed by atoms with Gasteiger partial charge in [-0.15, -0.1) is 0 Å². The number of nitrogens with zero attached hydrogens (tertiary/aromatic N) is 1. The molecule has 0 bridgehead atoms. The van der Waals surface area contributed by atoms with Crippen LogP contribution < -0.4 is 5.48 Å². The van der Waals surface area contributed by atoms with Crippen LogP contribution in [0.1, 0.15) is 39.9 Å². The summed E-state index contributed by atoms with van der Waals surface area (Å²) < 4.78 is 0. The van der Waals surface area contributed by atoms with Crippen LogP contribution in [0, 0.1) is 5.41 Å². The molecule has 0 saturated carbocycles. The van der Waals surface area contributed by atoms with Gasteiger partial charge in [-0.25, -0.2) is 5.48 Å². The molecule has 1 aliphatic heterocycles. The van der Waals surface area contributed by atoms with E-state index in [1.807, 2.05) is 41.3 Å². The van der Waals surface area contributed by atoms with Crippen LogP contribution in [0.15, 0.2) is 42.5 Å². The molecule has 6 heteroatoms. The van der Waals surface area contributed by atoms with E-state index in [0.29, 0.717) is 23.6 Å². The summed E-state index contributed by atoms with van der Waals surface area (Å²) in [6, 6.07) is 13.1. The Kier molecular flexibility index (Phi) is 4.66. The van der Waals surface area contributed by atoms with Crippen molar-refractivity contribution in [3.8, 4) is 0 Å². The fraction of sp³-hybridized carbons (Fsp3) is 0.333. The number of carbonyl (C=O) groups excluding carboxylic acids is 2. The second-order valence-corrected chi connectivity index (χ2v) is 7.92. The van der Waals surface area contributed by atoms with Gasteiger partial charge < -0.3 is 4.90 Å². The Hall–Kier alpha value is -2.37. The van der Waals surface area contributed by atoms with Crippen molar-refractivity contribution in [1.29, 1.82) is 0 Å². The quantitative estimate of drug-likeness (QED) is 0.629. The summed E-state index contributed by atoms with van der Waals surface area (Å²) in [5.41, 5.74) is 5.07. The highest BCUT2D eigenvalue weighted by atomic mass is 35.5. The highest BCUT2D eigenvalue weighted by Crippen LogP contribution is 2.44. The van der Waals surface area contributed by atoms with Crippen LogP contribution in [0.4, 0.5) is 0 Å². The van der Waals surface area contributed by atoms with Gasteiger partial charge in [-0.05, 0) is 66.6 Å². The minimum absolute atomic E-state index is 0.222. The molecule has 2 aliphatic rings. The van der Waals surface area contributed by atoms with Gasteiger partial charge in [0.15, 0.2) is 0 Å². The summed E-state index contributed by atoms with van der Waals surface area (Å²) in [5, 5.41) is 9.50. The minimum atomic E-state index is -0.510. The van der Waals surface area contributed by atoms with E-state index < -0.39 is 5.91 Å². The smallest absolute Gasteiger partial charge is 0.274 e. The van der Waals surface area contributed by atoms with Gasteiger partial charge in [0, 0.05) is 23.7 Å². The van der Waals surface area contributed by atoms with Crippen LogP contribution in [0.3, 0.4) is 0 Å². The van der Waals surface area contributed by atoms with Crippen LogP contribution in [0.25, 0.3) is 0 Å². The van der Waals surface area contributed by atoms with Crippen molar-refractivity contribution in [3.63, 3.8) is 0 Å². The van der Waals surface area contributed by atoms with Crippen molar-refractivity contribution in [1.82, 2.24) is 10.4 Å². The van der Waals surface area contributed by atoms with E-state index >= 15 is 0 Å². The molecule has 27 heavy (non-hydrogen) atoms. The van der Waals surface area contributed by atoms with Gasteiger partial charge in [0.2, 0.25) is 5.91 Å². The van der Waals surface area contributed by atoms with Crippen molar-refractivity contribution in [2.24, 2.45) is 5.41 Å². The number of nitrogens with one attached hydrogen (secondary N) is 1. The van der Waals surface area contributed by atoms with Gasteiger partial charge in [0.25, 0.3) is 5.91 Å². The molecule has 4 rings (SSSR count). The van der Waals surface area contributed by atoms with Crippen LogP contribution in [0.2, 0.25) is 5.02 Å². The first-order valence-electron chi connectivity index (χ1n) is 9.11. The number of likely N-dealkylation sites (tertiary alicyclic amines) is 1. The molecule has 2 aromatic carbocycles. The Morgan fingerprint density at radius 2 is 1.93 bits per heavy atom. The van der Waals surface area contributed by atoms with Crippen LogP contribution >= 0.6 is 11.6 Å². The van der Waals surface area contributed by atoms with Crippen molar-refractivity contribution in [2.75, 3.05) is 6.54 Å². The van der Waals surface area contributed by atoms with E-state index in [1.54, 1.807) is 11.5 Å². The topological polar surface area (TPSA) is 69.6 Å². The summed E-state index contributed by atoms with van der Waals surface area (Å²) in [6.45, 7) is 1.38. The standard InChI is InChI=1S/C21H21ClN2O3/c22-18-5-1-14(2-6-18)13-24-10-9-21(20(24)26)8-7-15-11-16(19(25)23-27)3-4-17(15)12-21/h1-6,11,27H,7-10,12-13H2,(H,23,25)/t21-/m1/s1. The summed E-state index contributed by atoms with van der Waals surface area (Å²) in [6.07, 6.45) is 3.12. The molecule has 0 aromatic heterocycles. The van der Waals surface area contributed by atoms with E-state index in [2.05, 4.69) is 0 Å². The Labute approximate surface area is 162 Å². The highest BCUT2D eigenvalue weighted by Gasteiger charge is 2.47. The number of amides is 2. The molecule has 140 valence electrons. The lowest BCUT2D eigenvalue weighted by Crippen LogP contribution is -2.38. The number of carbonyl (C=O) groups is 2. The fourth-order valence-electron chi connectivity index (χ4n) is 4.31. The predicted octanol–water partition coefficient (Wildman–Crippen LogP) is 3.37. The molecule has 2 N–H and O–H groups in total. The van der Waals surface area contributed by atoms with Crippen LogP contribution in [-0.4, -0.2) is 28.5 Å². The molecule has 2 aromatic rings. The van der Waals surface area contributed by atoms with Crippen LogP contribution in [-0.2, 0) is 24.2 Å². The zero-order chi connectivity index (χ0) is 19.0. The Balaban J connectivity index is 1.51. The van der Waals surface area contributed by atoms with Crippen molar-refractivity contribution in [2.45, 2.75) is 32.2 Å². The van der Waals surface area contributed by atoms with E-state index in [0.717, 1.165) is 42.5 Å². The highest BCUT2D eigenvalue weighted by molar-refractivity contribution is 6.30. The number of fused-ring (bicyclic) bond motifs is 1. The molecule has 5 nitrogen and oxygen atoms in total. The fourth-order valence-corrected chi connectivity index (χ4v) is 4.44. The van der Waals surface area contributed by atoms with E-state index in [4.69, 9.17) is 16.8 Å². The Morgan fingerprint density at radius 3 is 2.67 bits per heavy atom. The average Bonchev–Trinajstić information content (AvgIpc) is 2.98. The Bertz CT molecular complexity index is 897. The van der Waals surface area contributed by atoms with E-state index in [9.17, 15) is 9.59 Å². The molecule has 1 spiro atoms. The first-order chi connectivity index (χ1) is 13.0.